The molecule has 0 bridgehead atoms. The first kappa shape index (κ1) is 23.3. The Bertz CT molecular complexity index is 1250. The highest BCUT2D eigenvalue weighted by Crippen LogP contribution is 2.43. The Balaban J connectivity index is 1.78. The molecule has 0 spiro atoms. The Morgan fingerprint density at radius 3 is 2.67 bits per heavy atom. The number of amides is 1. The molecule has 1 aliphatic rings. The molecule has 2 aromatic heterocycles. The molecule has 4 rings (SSSR count). The maximum atomic E-state index is 12.8. The summed E-state index contributed by atoms with van der Waals surface area (Å²) in [4.78, 5) is 31.2. The Morgan fingerprint density at radius 2 is 1.97 bits per heavy atom. The molecule has 0 aliphatic carbocycles. The molecule has 3 aromatic rings. The molecular formula is C24H25N3O4S2. The van der Waals surface area contributed by atoms with Crippen molar-refractivity contribution in [2.75, 3.05) is 11.9 Å². The minimum absolute atomic E-state index is 0.0924. The van der Waals surface area contributed by atoms with Gasteiger partial charge in [0.25, 0.3) is 5.91 Å². The number of ether oxygens (including phenoxy) is 2. The highest BCUT2D eigenvalue weighted by atomic mass is 32.1. The Morgan fingerprint density at radius 1 is 1.24 bits per heavy atom. The fourth-order valence-corrected chi connectivity index (χ4v) is 5.16. The summed E-state index contributed by atoms with van der Waals surface area (Å²) in [6, 6.07) is 8.79. The lowest BCUT2D eigenvalue weighted by atomic mass is 9.89. The topological polar surface area (TPSA) is 89.5 Å². The monoisotopic (exact) mass is 483 g/mol. The van der Waals surface area contributed by atoms with Crippen molar-refractivity contribution >= 4 is 56.4 Å². The lowest BCUT2D eigenvalue weighted by Gasteiger charge is -2.33. The zero-order chi connectivity index (χ0) is 23.8. The first-order valence-electron chi connectivity index (χ1n) is 10.6. The van der Waals surface area contributed by atoms with Gasteiger partial charge in [0.05, 0.1) is 24.5 Å². The van der Waals surface area contributed by atoms with Crippen LogP contribution in [0.1, 0.15) is 57.6 Å². The van der Waals surface area contributed by atoms with Crippen molar-refractivity contribution in [3.63, 3.8) is 0 Å². The van der Waals surface area contributed by atoms with Crippen molar-refractivity contribution in [2.24, 2.45) is 0 Å². The van der Waals surface area contributed by atoms with Crippen LogP contribution in [-0.4, -0.2) is 34.2 Å². The Labute approximate surface area is 201 Å². The van der Waals surface area contributed by atoms with Gasteiger partial charge in [0.2, 0.25) is 0 Å². The van der Waals surface area contributed by atoms with Gasteiger partial charge in [-0.3, -0.25) is 10.1 Å². The molecule has 0 fully saturated rings. The summed E-state index contributed by atoms with van der Waals surface area (Å²) in [5, 5.41) is 6.70. The molecule has 0 unspecified atom stereocenters. The third-order valence-electron chi connectivity index (χ3n) is 5.43. The zero-order valence-corrected chi connectivity index (χ0v) is 20.5. The number of aryl methyl sites for hydroxylation is 1. The molecule has 1 amide bonds. The maximum absolute atomic E-state index is 12.8. The highest BCUT2D eigenvalue weighted by molar-refractivity contribution is 7.80. The van der Waals surface area contributed by atoms with Gasteiger partial charge in [-0.15, -0.1) is 11.3 Å². The highest BCUT2D eigenvalue weighted by Gasteiger charge is 2.32. The Hall–Kier alpha value is -2.88. The van der Waals surface area contributed by atoms with E-state index in [9.17, 15) is 9.59 Å². The number of rotatable bonds is 4. The number of carbonyl (C=O) groups excluding carboxylic acids is 2. The molecule has 2 N–H and O–H groups in total. The summed E-state index contributed by atoms with van der Waals surface area (Å²) in [6.45, 7) is 8.46. The second-order valence-corrected chi connectivity index (χ2v) is 9.77. The van der Waals surface area contributed by atoms with Crippen LogP contribution < -0.4 is 10.6 Å². The molecule has 1 aromatic carbocycles. The number of anilines is 1. The molecule has 3 heterocycles. The van der Waals surface area contributed by atoms with Crippen molar-refractivity contribution in [1.82, 2.24) is 10.3 Å². The van der Waals surface area contributed by atoms with Gasteiger partial charge in [-0.25, -0.2) is 9.78 Å². The molecule has 0 atom stereocenters. The smallest absolute Gasteiger partial charge is 0.350 e. The first-order chi connectivity index (χ1) is 15.7. The predicted molar refractivity (Wildman–Crippen MR) is 133 cm³/mol. The lowest BCUT2D eigenvalue weighted by molar-refractivity contribution is -0.0400. The number of hydrogen-bond donors (Lipinski definition) is 2. The second kappa shape index (κ2) is 9.17. The van der Waals surface area contributed by atoms with Crippen LogP contribution in [0.4, 0.5) is 5.69 Å². The lowest BCUT2D eigenvalue weighted by Crippen LogP contribution is -2.35. The van der Waals surface area contributed by atoms with Crippen molar-refractivity contribution in [2.45, 2.75) is 46.3 Å². The van der Waals surface area contributed by atoms with Gasteiger partial charge in [-0.2, -0.15) is 0 Å². The summed E-state index contributed by atoms with van der Waals surface area (Å²) < 4.78 is 11.3. The summed E-state index contributed by atoms with van der Waals surface area (Å²) >= 11 is 6.70. The van der Waals surface area contributed by atoms with Gasteiger partial charge in [0.15, 0.2) is 5.11 Å². The van der Waals surface area contributed by atoms with E-state index in [1.165, 1.54) is 11.3 Å². The van der Waals surface area contributed by atoms with Crippen LogP contribution in [0.2, 0.25) is 0 Å². The van der Waals surface area contributed by atoms with Gasteiger partial charge in [0.1, 0.15) is 9.71 Å². The number of nitrogens with zero attached hydrogens (tertiary/aromatic N) is 1. The van der Waals surface area contributed by atoms with Crippen molar-refractivity contribution < 1.29 is 19.1 Å². The number of aromatic nitrogens is 1. The summed E-state index contributed by atoms with van der Waals surface area (Å²) in [7, 11) is 0. The van der Waals surface area contributed by atoms with E-state index in [2.05, 4.69) is 10.6 Å². The molecule has 0 saturated carbocycles. The molecular weight excluding hydrogens is 458 g/mol. The minimum Gasteiger partial charge on any atom is -0.462 e. The van der Waals surface area contributed by atoms with Crippen molar-refractivity contribution in [3.05, 3.63) is 57.6 Å². The number of carbonyl (C=O) groups is 2. The van der Waals surface area contributed by atoms with E-state index in [1.807, 2.05) is 26.8 Å². The van der Waals surface area contributed by atoms with Crippen molar-refractivity contribution in [3.8, 4) is 0 Å². The van der Waals surface area contributed by atoms with Crippen LogP contribution in [-0.2, 0) is 22.5 Å². The third kappa shape index (κ3) is 4.75. The van der Waals surface area contributed by atoms with E-state index in [0.29, 0.717) is 34.0 Å². The fourth-order valence-electron chi connectivity index (χ4n) is 3.87. The SMILES string of the molecule is CCOC(=O)c1sc2nc(C)c3c(c2c1NC(=S)NC(=O)c1ccccc1)CC(C)(C)OC3. The number of esters is 1. The van der Waals surface area contributed by atoms with E-state index < -0.39 is 5.97 Å². The van der Waals surface area contributed by atoms with Crippen LogP contribution in [0, 0.1) is 6.92 Å². The second-order valence-electron chi connectivity index (χ2n) is 8.36. The molecule has 0 saturated heterocycles. The standard InChI is InChI=1S/C24H25N3O4S2/c1-5-30-22(29)19-18(26-23(32)27-20(28)14-9-7-6-8-10-14)17-15-11-24(3,4)31-12-16(15)13(2)25-21(17)33-19/h6-10H,5,11-12H2,1-4H3,(H2,26,27,28,32). The van der Waals surface area contributed by atoms with E-state index >= 15 is 0 Å². The van der Waals surface area contributed by atoms with E-state index in [1.54, 1.807) is 31.2 Å². The van der Waals surface area contributed by atoms with E-state index in [0.717, 1.165) is 22.2 Å². The number of thiophene rings is 1. The van der Waals surface area contributed by atoms with Gasteiger partial charge >= 0.3 is 5.97 Å². The summed E-state index contributed by atoms with van der Waals surface area (Å²) in [5.74, 6) is -0.797. The van der Waals surface area contributed by atoms with Crippen LogP contribution >= 0.6 is 23.6 Å². The Kier molecular flexibility index (Phi) is 6.47. The van der Waals surface area contributed by atoms with Gasteiger partial charge in [-0.1, -0.05) is 18.2 Å². The van der Waals surface area contributed by atoms with Crippen LogP contribution in [0.5, 0.6) is 0 Å². The van der Waals surface area contributed by atoms with Crippen LogP contribution in [0.25, 0.3) is 10.2 Å². The third-order valence-corrected chi connectivity index (χ3v) is 6.70. The average Bonchev–Trinajstić information content (AvgIpc) is 3.11. The molecule has 1 aliphatic heterocycles. The van der Waals surface area contributed by atoms with Gasteiger partial charge < -0.3 is 14.8 Å². The number of hydrogen-bond acceptors (Lipinski definition) is 7. The maximum Gasteiger partial charge on any atom is 0.350 e. The molecule has 9 heteroatoms. The number of nitrogens with one attached hydrogen (secondary N) is 2. The number of thiocarbonyl (C=S) groups is 1. The quantitative estimate of drug-likeness (QED) is 0.408. The minimum atomic E-state index is -0.460. The summed E-state index contributed by atoms with van der Waals surface area (Å²) in [6.07, 6.45) is 0.652. The first-order valence-corrected chi connectivity index (χ1v) is 11.9. The largest absolute Gasteiger partial charge is 0.462 e. The molecule has 172 valence electrons. The zero-order valence-electron chi connectivity index (χ0n) is 18.9. The molecule has 0 radical (unpaired) electrons. The average molecular weight is 484 g/mol. The van der Waals surface area contributed by atoms with Crippen LogP contribution in [0.15, 0.2) is 30.3 Å². The molecule has 7 nitrogen and oxygen atoms in total. The fraction of sp³-hybridized carbons (Fsp3) is 0.333. The number of benzene rings is 1. The van der Waals surface area contributed by atoms with Crippen LogP contribution in [0.3, 0.4) is 0 Å². The van der Waals surface area contributed by atoms with E-state index in [4.69, 9.17) is 26.7 Å². The molecule has 33 heavy (non-hydrogen) atoms. The van der Waals surface area contributed by atoms with Crippen molar-refractivity contribution in [1.29, 1.82) is 0 Å². The van der Waals surface area contributed by atoms with E-state index in [-0.39, 0.29) is 23.2 Å². The predicted octanol–water partition coefficient (Wildman–Crippen LogP) is 4.76. The van der Waals surface area contributed by atoms with Gasteiger partial charge in [-0.05, 0) is 57.6 Å². The van der Waals surface area contributed by atoms with Gasteiger partial charge in [0, 0.05) is 28.6 Å². The normalized spacial score (nSPS) is 14.4. The number of fused-ring (bicyclic) bond motifs is 3. The number of pyridine rings is 1. The summed E-state index contributed by atoms with van der Waals surface area (Å²) in [5.41, 5.74) is 3.58.